The molecule has 96 valence electrons. The van der Waals surface area contributed by atoms with Gasteiger partial charge in [-0.05, 0) is 25.8 Å². The van der Waals surface area contributed by atoms with E-state index in [0.717, 1.165) is 5.56 Å². The minimum absolute atomic E-state index is 0.334. The van der Waals surface area contributed by atoms with Crippen LogP contribution >= 0.6 is 15.9 Å². The van der Waals surface area contributed by atoms with Crippen molar-refractivity contribution < 1.29 is 9.84 Å². The smallest absolute Gasteiger partial charge is 0.100 e. The van der Waals surface area contributed by atoms with Crippen LogP contribution in [-0.4, -0.2) is 22.6 Å². The minimum Gasteiger partial charge on any atom is -0.388 e. The van der Waals surface area contributed by atoms with Crippen LogP contribution in [0.2, 0.25) is 0 Å². The molecule has 2 atom stereocenters. The molecule has 17 heavy (non-hydrogen) atoms. The summed E-state index contributed by atoms with van der Waals surface area (Å²) in [7, 11) is 0. The summed E-state index contributed by atoms with van der Waals surface area (Å²) in [6, 6.07) is 10.1. The molecule has 0 amide bonds. The summed E-state index contributed by atoms with van der Waals surface area (Å²) in [5.74, 6) is 0. The van der Waals surface area contributed by atoms with Crippen molar-refractivity contribution in [3.63, 3.8) is 0 Å². The van der Waals surface area contributed by atoms with Gasteiger partial charge in [0.05, 0.1) is 12.2 Å². The maximum absolute atomic E-state index is 9.99. The Balaban J connectivity index is 2.77. The summed E-state index contributed by atoms with van der Waals surface area (Å²) in [6.07, 6.45) is 0.681. The lowest BCUT2D eigenvalue weighted by molar-refractivity contribution is -0.100. The molecule has 0 heterocycles. The first-order chi connectivity index (χ1) is 7.93. The van der Waals surface area contributed by atoms with Gasteiger partial charge in [0.1, 0.15) is 5.60 Å². The third-order valence-corrected chi connectivity index (χ3v) is 4.17. The van der Waals surface area contributed by atoms with E-state index < -0.39 is 11.2 Å². The number of alkyl halides is 1. The highest BCUT2D eigenvalue weighted by atomic mass is 79.9. The molecule has 1 rings (SSSR count). The molecular weight excluding hydrogens is 280 g/mol. The second-order valence-corrected chi connectivity index (χ2v) is 5.43. The van der Waals surface area contributed by atoms with Gasteiger partial charge in [-0.3, -0.25) is 0 Å². The van der Waals surface area contributed by atoms with Crippen LogP contribution < -0.4 is 0 Å². The summed E-state index contributed by atoms with van der Waals surface area (Å²) in [6.45, 7) is 6.12. The van der Waals surface area contributed by atoms with Crippen molar-refractivity contribution in [1.82, 2.24) is 0 Å². The molecule has 3 heteroatoms. The molecule has 1 aromatic carbocycles. The van der Waals surface area contributed by atoms with E-state index >= 15 is 0 Å². The molecule has 0 spiro atoms. The maximum atomic E-state index is 9.99. The number of ether oxygens (including phenoxy) is 1. The molecule has 0 aliphatic carbocycles. The van der Waals surface area contributed by atoms with Gasteiger partial charge in [0.15, 0.2) is 0 Å². The molecule has 0 saturated heterocycles. The second-order valence-electron chi connectivity index (χ2n) is 4.87. The van der Waals surface area contributed by atoms with Crippen molar-refractivity contribution in [1.29, 1.82) is 0 Å². The largest absolute Gasteiger partial charge is 0.388 e. The fourth-order valence-corrected chi connectivity index (χ4v) is 1.89. The summed E-state index contributed by atoms with van der Waals surface area (Å²) in [5.41, 5.74) is -0.0534. The Bertz CT molecular complexity index is 337. The monoisotopic (exact) mass is 300 g/mol. The summed E-state index contributed by atoms with van der Waals surface area (Å²) < 4.78 is 5.92. The van der Waals surface area contributed by atoms with E-state index in [-0.39, 0.29) is 0 Å². The van der Waals surface area contributed by atoms with Gasteiger partial charge in [0, 0.05) is 5.33 Å². The average molecular weight is 301 g/mol. The Kier molecular flexibility index (Phi) is 5.17. The third kappa shape index (κ3) is 4.09. The van der Waals surface area contributed by atoms with Crippen molar-refractivity contribution in [2.24, 2.45) is 0 Å². The van der Waals surface area contributed by atoms with E-state index in [0.29, 0.717) is 18.4 Å². The molecule has 0 bridgehead atoms. The SMILES string of the molecule is CCC(C)(O)COC(C)(CBr)c1ccccc1. The molecule has 0 saturated carbocycles. The highest BCUT2D eigenvalue weighted by Crippen LogP contribution is 2.29. The zero-order valence-electron chi connectivity index (χ0n) is 10.7. The van der Waals surface area contributed by atoms with Gasteiger partial charge in [0.25, 0.3) is 0 Å². The van der Waals surface area contributed by atoms with E-state index in [1.807, 2.05) is 44.2 Å². The number of benzene rings is 1. The predicted octanol–water partition coefficient (Wildman–Crippen LogP) is 3.47. The quantitative estimate of drug-likeness (QED) is 0.815. The highest BCUT2D eigenvalue weighted by Gasteiger charge is 2.29. The Hall–Kier alpha value is -0.380. The first kappa shape index (κ1) is 14.7. The first-order valence-corrected chi connectivity index (χ1v) is 7.03. The number of rotatable bonds is 6. The van der Waals surface area contributed by atoms with E-state index in [1.165, 1.54) is 0 Å². The van der Waals surface area contributed by atoms with E-state index in [4.69, 9.17) is 4.74 Å². The van der Waals surface area contributed by atoms with Crippen LogP contribution in [0, 0.1) is 0 Å². The number of aliphatic hydroxyl groups is 1. The standard InChI is InChI=1S/C14H21BrO2/c1-4-13(2,16)11-17-14(3,10-15)12-8-6-5-7-9-12/h5-9,16H,4,10-11H2,1-3H3. The number of hydrogen-bond donors (Lipinski definition) is 1. The van der Waals surface area contributed by atoms with Crippen LogP contribution in [0.1, 0.15) is 32.8 Å². The Morgan fingerprint density at radius 3 is 2.29 bits per heavy atom. The van der Waals surface area contributed by atoms with Crippen LogP contribution in [0.4, 0.5) is 0 Å². The first-order valence-electron chi connectivity index (χ1n) is 5.91. The van der Waals surface area contributed by atoms with Gasteiger partial charge >= 0.3 is 0 Å². The summed E-state index contributed by atoms with van der Waals surface area (Å²) >= 11 is 3.49. The van der Waals surface area contributed by atoms with Crippen molar-refractivity contribution in [2.45, 2.75) is 38.4 Å². The Morgan fingerprint density at radius 2 is 1.82 bits per heavy atom. The normalized spacial score (nSPS) is 18.4. The second kappa shape index (κ2) is 5.98. The highest BCUT2D eigenvalue weighted by molar-refractivity contribution is 9.09. The van der Waals surface area contributed by atoms with Gasteiger partial charge < -0.3 is 9.84 Å². The molecule has 0 aliphatic heterocycles. The molecule has 0 aromatic heterocycles. The Labute approximate surface area is 112 Å². The zero-order chi connectivity index (χ0) is 12.9. The van der Waals surface area contributed by atoms with E-state index in [2.05, 4.69) is 15.9 Å². The fraction of sp³-hybridized carbons (Fsp3) is 0.571. The lowest BCUT2D eigenvalue weighted by atomic mass is 9.97. The van der Waals surface area contributed by atoms with Crippen molar-refractivity contribution in [2.75, 3.05) is 11.9 Å². The van der Waals surface area contributed by atoms with Gasteiger partial charge in [-0.15, -0.1) is 0 Å². The van der Waals surface area contributed by atoms with Crippen LogP contribution in [-0.2, 0) is 10.3 Å². The fourth-order valence-electron chi connectivity index (χ4n) is 1.41. The van der Waals surface area contributed by atoms with Gasteiger partial charge in [-0.1, -0.05) is 53.2 Å². The number of hydrogen-bond acceptors (Lipinski definition) is 2. The molecule has 2 nitrogen and oxygen atoms in total. The lowest BCUT2D eigenvalue weighted by Gasteiger charge is -2.32. The molecule has 1 N–H and O–H groups in total. The van der Waals surface area contributed by atoms with Crippen LogP contribution in [0.25, 0.3) is 0 Å². The topological polar surface area (TPSA) is 29.5 Å². The molecule has 1 aromatic rings. The number of halogens is 1. The van der Waals surface area contributed by atoms with Crippen LogP contribution in [0.5, 0.6) is 0 Å². The summed E-state index contributed by atoms with van der Waals surface area (Å²) in [5, 5.41) is 10.7. The lowest BCUT2D eigenvalue weighted by Crippen LogP contribution is -2.37. The van der Waals surface area contributed by atoms with Crippen LogP contribution in [0.3, 0.4) is 0 Å². The summed E-state index contributed by atoms with van der Waals surface area (Å²) in [4.78, 5) is 0. The van der Waals surface area contributed by atoms with Gasteiger partial charge in [0.2, 0.25) is 0 Å². The predicted molar refractivity (Wildman–Crippen MR) is 74.5 cm³/mol. The molecule has 0 radical (unpaired) electrons. The molecule has 0 aliphatic rings. The molecular formula is C14H21BrO2. The van der Waals surface area contributed by atoms with Crippen molar-refractivity contribution in [3.05, 3.63) is 35.9 Å². The average Bonchev–Trinajstić information content (AvgIpc) is 2.37. The van der Waals surface area contributed by atoms with Crippen LogP contribution in [0.15, 0.2) is 30.3 Å². The van der Waals surface area contributed by atoms with Crippen molar-refractivity contribution in [3.8, 4) is 0 Å². The minimum atomic E-state index is -0.766. The Morgan fingerprint density at radius 1 is 1.24 bits per heavy atom. The van der Waals surface area contributed by atoms with Gasteiger partial charge in [-0.25, -0.2) is 0 Å². The van der Waals surface area contributed by atoms with Gasteiger partial charge in [-0.2, -0.15) is 0 Å². The third-order valence-electron chi connectivity index (χ3n) is 3.10. The zero-order valence-corrected chi connectivity index (χ0v) is 12.3. The van der Waals surface area contributed by atoms with E-state index in [1.54, 1.807) is 6.92 Å². The maximum Gasteiger partial charge on any atom is 0.100 e. The van der Waals surface area contributed by atoms with Crippen molar-refractivity contribution >= 4 is 15.9 Å². The molecule has 2 unspecified atom stereocenters. The molecule has 0 fully saturated rings. The van der Waals surface area contributed by atoms with E-state index in [9.17, 15) is 5.11 Å².